The number of nitrogens with one attached hydrogen (secondary N) is 1. The summed E-state index contributed by atoms with van der Waals surface area (Å²) in [6.07, 6.45) is 0. The van der Waals surface area contributed by atoms with E-state index in [1.54, 1.807) is 6.07 Å². The lowest BCUT2D eigenvalue weighted by atomic mass is 10.1. The molecule has 0 amide bonds. The van der Waals surface area contributed by atoms with E-state index in [2.05, 4.69) is 34.5 Å². The highest BCUT2D eigenvalue weighted by molar-refractivity contribution is 5.89. The normalized spacial score (nSPS) is 13.5. The third-order valence-electron chi connectivity index (χ3n) is 3.93. The van der Waals surface area contributed by atoms with Crippen LogP contribution < -0.4 is 10.2 Å². The average molecular weight is 333 g/mol. The van der Waals surface area contributed by atoms with Gasteiger partial charge in [-0.15, -0.1) is 12.4 Å². The molecule has 0 aromatic heterocycles. The number of esters is 1. The van der Waals surface area contributed by atoms with Gasteiger partial charge in [-0.3, -0.25) is 0 Å². The van der Waals surface area contributed by atoms with Crippen LogP contribution in [0, 0.1) is 0 Å². The highest BCUT2D eigenvalue weighted by Gasteiger charge is 2.15. The van der Waals surface area contributed by atoms with E-state index in [4.69, 9.17) is 4.74 Å². The fourth-order valence-corrected chi connectivity index (χ4v) is 2.83. The van der Waals surface area contributed by atoms with E-state index in [0.717, 1.165) is 31.7 Å². The molecular weight excluding hydrogens is 312 g/mol. The summed E-state index contributed by atoms with van der Waals surface area (Å²) in [6, 6.07) is 16.1. The zero-order valence-corrected chi connectivity index (χ0v) is 13.9. The maximum atomic E-state index is 11.7. The molecule has 2 aromatic rings. The van der Waals surface area contributed by atoms with Crippen molar-refractivity contribution in [2.75, 3.05) is 25.1 Å². The van der Waals surface area contributed by atoms with Gasteiger partial charge in [-0.2, -0.15) is 0 Å². The van der Waals surface area contributed by atoms with Crippen LogP contribution in [0.4, 0.5) is 5.69 Å². The molecule has 1 heterocycles. The lowest BCUT2D eigenvalue weighted by Gasteiger charge is -2.24. The first kappa shape index (κ1) is 17.3. The van der Waals surface area contributed by atoms with Gasteiger partial charge in [0, 0.05) is 31.9 Å². The number of nitrogens with zero attached hydrogens (tertiary/aromatic N) is 1. The number of para-hydroxylation sites is 1. The summed E-state index contributed by atoms with van der Waals surface area (Å²) in [5.74, 6) is -0.292. The largest absolute Gasteiger partial charge is 0.465 e. The number of hydrogen-bond donors (Lipinski definition) is 1. The van der Waals surface area contributed by atoms with Crippen molar-refractivity contribution in [3.05, 3.63) is 65.2 Å². The Morgan fingerprint density at radius 1 is 1.22 bits per heavy atom. The van der Waals surface area contributed by atoms with Crippen LogP contribution >= 0.6 is 12.4 Å². The minimum atomic E-state index is -0.292. The number of halogens is 1. The van der Waals surface area contributed by atoms with Crippen molar-refractivity contribution in [3.63, 3.8) is 0 Å². The average Bonchev–Trinajstić information content (AvgIpc) is 2.77. The summed E-state index contributed by atoms with van der Waals surface area (Å²) < 4.78 is 4.79. The first-order valence-electron chi connectivity index (χ1n) is 7.49. The van der Waals surface area contributed by atoms with Gasteiger partial charge in [-0.25, -0.2) is 4.79 Å². The molecule has 0 radical (unpaired) electrons. The van der Waals surface area contributed by atoms with Gasteiger partial charge in [-0.05, 0) is 29.3 Å². The molecule has 3 rings (SSSR count). The molecule has 23 heavy (non-hydrogen) atoms. The molecule has 1 aliphatic heterocycles. The molecule has 1 N–H and O–H groups in total. The number of methoxy groups -OCH3 is 1. The summed E-state index contributed by atoms with van der Waals surface area (Å²) in [6.45, 7) is 3.57. The Kier molecular flexibility index (Phi) is 6.02. The molecule has 0 spiro atoms. The minimum Gasteiger partial charge on any atom is -0.465 e. The summed E-state index contributed by atoms with van der Waals surface area (Å²) >= 11 is 0. The number of rotatable bonds is 3. The Morgan fingerprint density at radius 2 is 2.04 bits per heavy atom. The number of ether oxygens (including phenoxy) is 1. The fraction of sp³-hybridized carbons (Fsp3) is 0.278. The second-order valence-electron chi connectivity index (χ2n) is 5.42. The smallest absolute Gasteiger partial charge is 0.337 e. The predicted octanol–water partition coefficient (Wildman–Crippen LogP) is 3.00. The molecule has 0 saturated heterocycles. The Balaban J connectivity index is 0.00000192. The van der Waals surface area contributed by atoms with E-state index in [-0.39, 0.29) is 18.4 Å². The highest BCUT2D eigenvalue weighted by Crippen LogP contribution is 2.24. The van der Waals surface area contributed by atoms with Crippen LogP contribution in [0.3, 0.4) is 0 Å². The van der Waals surface area contributed by atoms with E-state index in [1.165, 1.54) is 18.4 Å². The molecule has 0 saturated carbocycles. The second-order valence-corrected chi connectivity index (χ2v) is 5.42. The van der Waals surface area contributed by atoms with E-state index in [9.17, 15) is 4.79 Å². The van der Waals surface area contributed by atoms with Crippen LogP contribution in [0.25, 0.3) is 0 Å². The Morgan fingerprint density at radius 3 is 2.87 bits per heavy atom. The number of benzene rings is 2. The second kappa shape index (κ2) is 7.99. The Labute approximate surface area is 142 Å². The van der Waals surface area contributed by atoms with Crippen LogP contribution in [-0.4, -0.2) is 26.2 Å². The number of fused-ring (bicyclic) bond motifs is 1. The highest BCUT2D eigenvalue weighted by atomic mass is 35.5. The molecule has 0 atom stereocenters. The number of carbonyl (C=O) groups is 1. The van der Waals surface area contributed by atoms with Gasteiger partial charge in [-0.1, -0.05) is 30.3 Å². The lowest BCUT2D eigenvalue weighted by Crippen LogP contribution is -2.28. The van der Waals surface area contributed by atoms with Crippen molar-refractivity contribution >= 4 is 24.1 Å². The standard InChI is InChI=1S/C18H20N2O2.ClH/c1-22-18(21)15-7-4-5-14(11-15)13-20-10-9-19-12-16-6-2-3-8-17(16)20;/h2-8,11,19H,9-10,12-13H2,1H3;1H. The van der Waals surface area contributed by atoms with Crippen molar-refractivity contribution in [1.82, 2.24) is 5.32 Å². The van der Waals surface area contributed by atoms with Crippen LogP contribution in [0.15, 0.2) is 48.5 Å². The third-order valence-corrected chi connectivity index (χ3v) is 3.93. The van der Waals surface area contributed by atoms with Crippen LogP contribution in [-0.2, 0) is 17.8 Å². The Hall–Kier alpha value is -2.04. The van der Waals surface area contributed by atoms with Crippen molar-refractivity contribution < 1.29 is 9.53 Å². The van der Waals surface area contributed by atoms with Crippen LogP contribution in [0.2, 0.25) is 0 Å². The van der Waals surface area contributed by atoms with Crippen molar-refractivity contribution in [3.8, 4) is 0 Å². The van der Waals surface area contributed by atoms with E-state index >= 15 is 0 Å². The van der Waals surface area contributed by atoms with Crippen molar-refractivity contribution in [2.45, 2.75) is 13.1 Å². The molecule has 122 valence electrons. The van der Waals surface area contributed by atoms with Crippen LogP contribution in [0.1, 0.15) is 21.5 Å². The van der Waals surface area contributed by atoms with Gasteiger partial charge in [0.15, 0.2) is 0 Å². The van der Waals surface area contributed by atoms with Crippen molar-refractivity contribution in [2.24, 2.45) is 0 Å². The van der Waals surface area contributed by atoms with Crippen LogP contribution in [0.5, 0.6) is 0 Å². The quantitative estimate of drug-likeness (QED) is 0.877. The Bertz CT molecular complexity index is 676. The molecule has 2 aromatic carbocycles. The fourth-order valence-electron chi connectivity index (χ4n) is 2.83. The molecule has 0 unspecified atom stereocenters. The summed E-state index contributed by atoms with van der Waals surface area (Å²) in [4.78, 5) is 14.0. The van der Waals surface area contributed by atoms with Gasteiger partial charge in [0.05, 0.1) is 12.7 Å². The third kappa shape index (κ3) is 4.03. The van der Waals surface area contributed by atoms with E-state index < -0.39 is 0 Å². The maximum Gasteiger partial charge on any atom is 0.337 e. The first-order valence-corrected chi connectivity index (χ1v) is 7.49. The zero-order chi connectivity index (χ0) is 15.4. The topological polar surface area (TPSA) is 41.6 Å². The van der Waals surface area contributed by atoms with E-state index in [1.807, 2.05) is 18.2 Å². The number of carbonyl (C=O) groups excluding carboxylic acids is 1. The van der Waals surface area contributed by atoms with Crippen molar-refractivity contribution in [1.29, 1.82) is 0 Å². The monoisotopic (exact) mass is 332 g/mol. The zero-order valence-electron chi connectivity index (χ0n) is 13.1. The lowest BCUT2D eigenvalue weighted by molar-refractivity contribution is 0.0600. The molecule has 0 fully saturated rings. The van der Waals surface area contributed by atoms with Gasteiger partial charge in [0.25, 0.3) is 0 Å². The molecule has 1 aliphatic rings. The molecule has 0 bridgehead atoms. The summed E-state index contributed by atoms with van der Waals surface area (Å²) in [5, 5.41) is 3.44. The molecular formula is C18H21ClN2O2. The predicted molar refractivity (Wildman–Crippen MR) is 94.2 cm³/mol. The van der Waals surface area contributed by atoms with Gasteiger partial charge < -0.3 is 15.0 Å². The molecule has 5 heteroatoms. The van der Waals surface area contributed by atoms with E-state index in [0.29, 0.717) is 5.56 Å². The summed E-state index contributed by atoms with van der Waals surface area (Å²) in [5.41, 5.74) is 4.28. The maximum absolute atomic E-state index is 11.7. The molecule has 0 aliphatic carbocycles. The van der Waals surface area contributed by atoms with Gasteiger partial charge >= 0.3 is 5.97 Å². The first-order chi connectivity index (χ1) is 10.8. The number of anilines is 1. The number of hydrogen-bond acceptors (Lipinski definition) is 4. The molecule has 4 nitrogen and oxygen atoms in total. The minimum absolute atomic E-state index is 0. The van der Waals surface area contributed by atoms with Gasteiger partial charge in [0.1, 0.15) is 0 Å². The SMILES string of the molecule is COC(=O)c1cccc(CN2CCNCc3ccccc32)c1.Cl. The summed E-state index contributed by atoms with van der Waals surface area (Å²) in [7, 11) is 1.41. The van der Waals surface area contributed by atoms with Gasteiger partial charge in [0.2, 0.25) is 0 Å².